The van der Waals surface area contributed by atoms with Crippen molar-refractivity contribution in [1.29, 1.82) is 0 Å². The molecule has 0 saturated heterocycles. The molecule has 0 fully saturated rings. The highest BCUT2D eigenvalue weighted by molar-refractivity contribution is 14.1. The third-order valence-corrected chi connectivity index (χ3v) is 5.99. The maximum Gasteiger partial charge on any atom is 0.256 e. The summed E-state index contributed by atoms with van der Waals surface area (Å²) in [5.74, 6) is -0.110. The molecule has 4 rings (SSSR count). The Morgan fingerprint density at radius 3 is 2.77 bits per heavy atom. The number of hydrogen-bond acceptors (Lipinski definition) is 4. The number of nitrogens with zero attached hydrogens (tertiary/aromatic N) is 2. The van der Waals surface area contributed by atoms with Crippen LogP contribution in [0.25, 0.3) is 20.9 Å². The Labute approximate surface area is 168 Å². The SMILES string of the molecule is Cc1ccc(-c2nc3cccnc3s2)cc1NC(=O)c1ccccc1I. The van der Waals surface area contributed by atoms with Crippen molar-refractivity contribution in [2.45, 2.75) is 6.92 Å². The average Bonchev–Trinajstić information content (AvgIpc) is 3.08. The lowest BCUT2D eigenvalue weighted by molar-refractivity contribution is 0.102. The van der Waals surface area contributed by atoms with Gasteiger partial charge in [-0.15, -0.1) is 0 Å². The molecule has 128 valence electrons. The molecule has 0 atom stereocenters. The number of thiazole rings is 1. The Kier molecular flexibility index (Phi) is 4.69. The smallest absolute Gasteiger partial charge is 0.256 e. The van der Waals surface area contributed by atoms with E-state index in [4.69, 9.17) is 0 Å². The number of aromatic nitrogens is 2. The van der Waals surface area contributed by atoms with Crippen LogP contribution < -0.4 is 5.32 Å². The number of nitrogens with one attached hydrogen (secondary N) is 1. The summed E-state index contributed by atoms with van der Waals surface area (Å²) in [6.07, 6.45) is 1.77. The average molecular weight is 471 g/mol. The molecule has 0 radical (unpaired) electrons. The van der Waals surface area contributed by atoms with Crippen molar-refractivity contribution in [3.63, 3.8) is 0 Å². The van der Waals surface area contributed by atoms with Crippen LogP contribution in [-0.4, -0.2) is 15.9 Å². The Hall–Kier alpha value is -2.32. The molecule has 0 saturated carbocycles. The highest BCUT2D eigenvalue weighted by atomic mass is 127. The molecule has 0 aliphatic rings. The largest absolute Gasteiger partial charge is 0.322 e. The van der Waals surface area contributed by atoms with Gasteiger partial charge < -0.3 is 5.32 Å². The molecule has 0 unspecified atom stereocenters. The fraction of sp³-hybridized carbons (Fsp3) is 0.0500. The highest BCUT2D eigenvalue weighted by Gasteiger charge is 2.13. The van der Waals surface area contributed by atoms with Crippen LogP contribution in [0, 0.1) is 10.5 Å². The van der Waals surface area contributed by atoms with Crippen LogP contribution in [0.5, 0.6) is 0 Å². The number of rotatable bonds is 3. The number of pyridine rings is 1. The molecule has 4 nitrogen and oxygen atoms in total. The molecule has 6 heteroatoms. The van der Waals surface area contributed by atoms with Gasteiger partial charge in [0, 0.05) is 21.0 Å². The standard InChI is InChI=1S/C20H14IN3OS/c1-12-8-9-13(19-24-16-7-4-10-22-20(16)26-19)11-17(12)23-18(25)14-5-2-3-6-15(14)21/h2-11H,1H3,(H,23,25). The number of fused-ring (bicyclic) bond motifs is 1. The monoisotopic (exact) mass is 471 g/mol. The van der Waals surface area contributed by atoms with Crippen molar-refractivity contribution in [3.8, 4) is 10.6 Å². The van der Waals surface area contributed by atoms with Gasteiger partial charge in [-0.3, -0.25) is 4.79 Å². The second-order valence-corrected chi connectivity index (χ2v) is 7.95. The lowest BCUT2D eigenvalue weighted by Gasteiger charge is -2.11. The number of amides is 1. The van der Waals surface area contributed by atoms with Crippen LogP contribution in [0.3, 0.4) is 0 Å². The number of benzene rings is 2. The first-order valence-corrected chi connectivity index (χ1v) is 9.90. The zero-order valence-electron chi connectivity index (χ0n) is 13.9. The van der Waals surface area contributed by atoms with E-state index >= 15 is 0 Å². The summed E-state index contributed by atoms with van der Waals surface area (Å²) in [5.41, 5.74) is 4.32. The summed E-state index contributed by atoms with van der Waals surface area (Å²) in [6.45, 7) is 1.98. The van der Waals surface area contributed by atoms with Crippen LogP contribution in [0.2, 0.25) is 0 Å². The number of carbonyl (C=O) groups excluding carboxylic acids is 1. The van der Waals surface area contributed by atoms with Gasteiger partial charge in [-0.1, -0.05) is 35.6 Å². The minimum Gasteiger partial charge on any atom is -0.322 e. The van der Waals surface area contributed by atoms with Crippen LogP contribution in [0.1, 0.15) is 15.9 Å². The third-order valence-electron chi connectivity index (χ3n) is 4.02. The maximum absolute atomic E-state index is 12.6. The van der Waals surface area contributed by atoms with E-state index in [0.717, 1.165) is 35.7 Å². The van der Waals surface area contributed by atoms with E-state index in [1.807, 2.05) is 61.5 Å². The van der Waals surface area contributed by atoms with E-state index < -0.39 is 0 Å². The van der Waals surface area contributed by atoms with Gasteiger partial charge in [0.15, 0.2) is 0 Å². The number of halogens is 1. The topological polar surface area (TPSA) is 54.9 Å². The highest BCUT2D eigenvalue weighted by Crippen LogP contribution is 2.31. The van der Waals surface area contributed by atoms with E-state index in [0.29, 0.717) is 5.56 Å². The van der Waals surface area contributed by atoms with Gasteiger partial charge >= 0.3 is 0 Å². The van der Waals surface area contributed by atoms with Crippen molar-refractivity contribution in [3.05, 3.63) is 75.5 Å². The predicted molar refractivity (Wildman–Crippen MR) is 115 cm³/mol. The number of anilines is 1. The minimum atomic E-state index is -0.110. The van der Waals surface area contributed by atoms with Crippen molar-refractivity contribution >= 4 is 55.9 Å². The normalized spacial score (nSPS) is 10.8. The second kappa shape index (κ2) is 7.13. The fourth-order valence-corrected chi connectivity index (χ4v) is 4.15. The van der Waals surface area contributed by atoms with Gasteiger partial charge in [0.25, 0.3) is 5.91 Å². The summed E-state index contributed by atoms with van der Waals surface area (Å²) < 4.78 is 0.925. The van der Waals surface area contributed by atoms with Gasteiger partial charge in [-0.2, -0.15) is 0 Å². The molecule has 2 heterocycles. The Morgan fingerprint density at radius 2 is 1.96 bits per heavy atom. The molecule has 2 aromatic carbocycles. The Balaban J connectivity index is 1.68. The molecule has 0 spiro atoms. The van der Waals surface area contributed by atoms with Crippen molar-refractivity contribution in [2.75, 3.05) is 5.32 Å². The van der Waals surface area contributed by atoms with E-state index in [-0.39, 0.29) is 5.91 Å². The quantitative estimate of drug-likeness (QED) is 0.400. The van der Waals surface area contributed by atoms with Crippen molar-refractivity contribution in [1.82, 2.24) is 9.97 Å². The zero-order chi connectivity index (χ0) is 18.1. The third kappa shape index (κ3) is 3.34. The van der Waals surface area contributed by atoms with Gasteiger partial charge in [0.05, 0.1) is 5.56 Å². The first kappa shape index (κ1) is 17.1. The van der Waals surface area contributed by atoms with Gasteiger partial charge in [0.1, 0.15) is 15.4 Å². The molecule has 4 aromatic rings. The molecule has 2 aromatic heterocycles. The predicted octanol–water partition coefficient (Wildman–Crippen LogP) is 5.52. The Bertz CT molecular complexity index is 1090. The van der Waals surface area contributed by atoms with E-state index in [9.17, 15) is 4.79 Å². The number of hydrogen-bond donors (Lipinski definition) is 1. The first-order chi connectivity index (χ1) is 12.6. The number of carbonyl (C=O) groups is 1. The van der Waals surface area contributed by atoms with E-state index in [1.165, 1.54) is 0 Å². The zero-order valence-corrected chi connectivity index (χ0v) is 16.8. The molecule has 0 aliphatic heterocycles. The molecular formula is C20H14IN3OS. The van der Waals surface area contributed by atoms with Crippen LogP contribution in [0.4, 0.5) is 5.69 Å². The van der Waals surface area contributed by atoms with Crippen LogP contribution in [0.15, 0.2) is 60.8 Å². The summed E-state index contributed by atoms with van der Waals surface area (Å²) in [6, 6.07) is 17.4. The summed E-state index contributed by atoms with van der Waals surface area (Å²) in [4.78, 5) is 22.5. The molecule has 0 aliphatic carbocycles. The molecule has 1 amide bonds. The van der Waals surface area contributed by atoms with Gasteiger partial charge in [0.2, 0.25) is 0 Å². The van der Waals surface area contributed by atoms with Crippen LogP contribution in [-0.2, 0) is 0 Å². The fourth-order valence-electron chi connectivity index (χ4n) is 2.62. The maximum atomic E-state index is 12.6. The molecule has 0 bridgehead atoms. The minimum absolute atomic E-state index is 0.110. The van der Waals surface area contributed by atoms with Crippen molar-refractivity contribution in [2.24, 2.45) is 0 Å². The summed E-state index contributed by atoms with van der Waals surface area (Å²) >= 11 is 3.72. The molecule has 1 N–H and O–H groups in total. The lowest BCUT2D eigenvalue weighted by Crippen LogP contribution is -2.14. The van der Waals surface area contributed by atoms with Gasteiger partial charge in [-0.25, -0.2) is 9.97 Å². The number of aryl methyl sites for hydroxylation is 1. The lowest BCUT2D eigenvalue weighted by atomic mass is 10.1. The molecule has 26 heavy (non-hydrogen) atoms. The van der Waals surface area contributed by atoms with Crippen LogP contribution >= 0.6 is 33.9 Å². The molecular weight excluding hydrogens is 457 g/mol. The Morgan fingerprint density at radius 1 is 1.12 bits per heavy atom. The summed E-state index contributed by atoms with van der Waals surface area (Å²) in [5, 5.41) is 3.92. The van der Waals surface area contributed by atoms with Gasteiger partial charge in [-0.05, 0) is 65.4 Å². The van der Waals surface area contributed by atoms with E-state index in [1.54, 1.807) is 17.5 Å². The van der Waals surface area contributed by atoms with E-state index in [2.05, 4.69) is 37.9 Å². The second-order valence-electron chi connectivity index (χ2n) is 5.81. The summed E-state index contributed by atoms with van der Waals surface area (Å²) in [7, 11) is 0. The first-order valence-electron chi connectivity index (χ1n) is 8.00. The van der Waals surface area contributed by atoms with Crippen molar-refractivity contribution < 1.29 is 4.79 Å².